The van der Waals surface area contributed by atoms with E-state index in [0.29, 0.717) is 6.42 Å². The third-order valence-electron chi connectivity index (χ3n) is 2.31. The molecule has 1 aliphatic rings. The minimum atomic E-state index is -0.536. The summed E-state index contributed by atoms with van der Waals surface area (Å²) in [6.45, 7) is 7.69. The largest absolute Gasteiger partial charge is 0.396 e. The lowest BCUT2D eigenvalue weighted by atomic mass is 10.0. The van der Waals surface area contributed by atoms with Crippen LogP contribution in [0.3, 0.4) is 0 Å². The van der Waals surface area contributed by atoms with E-state index in [0.717, 1.165) is 12.8 Å². The molecule has 1 heterocycles. The lowest BCUT2D eigenvalue weighted by Crippen LogP contribution is -2.44. The summed E-state index contributed by atoms with van der Waals surface area (Å²) in [5.41, 5.74) is 0. The highest BCUT2D eigenvalue weighted by atomic mass is 16.7. The van der Waals surface area contributed by atoms with Crippen LogP contribution in [0.25, 0.3) is 0 Å². The van der Waals surface area contributed by atoms with E-state index in [4.69, 9.17) is 14.6 Å². The van der Waals surface area contributed by atoms with Crippen LogP contribution < -0.4 is 0 Å². The van der Waals surface area contributed by atoms with Gasteiger partial charge in [-0.2, -0.15) is 0 Å². The zero-order valence-electron chi connectivity index (χ0n) is 9.03. The van der Waals surface area contributed by atoms with Gasteiger partial charge in [-0.1, -0.05) is 6.08 Å². The molecule has 1 aliphatic heterocycles. The Morgan fingerprint density at radius 3 is 2.64 bits per heavy atom. The summed E-state index contributed by atoms with van der Waals surface area (Å²) >= 11 is 0. The molecule has 0 saturated carbocycles. The molecule has 1 N–H and O–H groups in total. The van der Waals surface area contributed by atoms with E-state index in [1.165, 1.54) is 0 Å². The molecule has 3 heteroatoms. The number of rotatable bonds is 4. The highest BCUT2D eigenvalue weighted by molar-refractivity contribution is 4.81. The Morgan fingerprint density at radius 2 is 2.07 bits per heavy atom. The summed E-state index contributed by atoms with van der Waals surface area (Å²) in [5.74, 6) is -0.536. The van der Waals surface area contributed by atoms with Crippen molar-refractivity contribution in [3.05, 3.63) is 12.7 Å². The summed E-state index contributed by atoms with van der Waals surface area (Å²) in [7, 11) is 0. The number of ether oxygens (including phenoxy) is 2. The van der Waals surface area contributed by atoms with Crippen molar-refractivity contribution in [2.45, 2.75) is 51.1 Å². The molecule has 0 radical (unpaired) electrons. The molecule has 0 amide bonds. The third-order valence-corrected chi connectivity index (χ3v) is 2.31. The molecule has 0 aromatic heterocycles. The van der Waals surface area contributed by atoms with Crippen molar-refractivity contribution in [2.24, 2.45) is 0 Å². The van der Waals surface area contributed by atoms with Crippen LogP contribution in [0, 0.1) is 0 Å². The summed E-state index contributed by atoms with van der Waals surface area (Å²) in [6, 6.07) is 0. The Bertz CT molecular complexity index is 189. The molecule has 1 saturated heterocycles. The standard InChI is InChI=1S/C11H20O3/c1-4-5-9-8-10(6-7-12)14-11(2,3)13-9/h4,9-10,12H,1,5-8H2,2-3H3/t9-,10+/m0/s1. The van der Waals surface area contributed by atoms with E-state index < -0.39 is 5.79 Å². The summed E-state index contributed by atoms with van der Waals surface area (Å²) in [4.78, 5) is 0. The number of hydrogen-bond acceptors (Lipinski definition) is 3. The van der Waals surface area contributed by atoms with E-state index in [2.05, 4.69) is 6.58 Å². The van der Waals surface area contributed by atoms with Crippen LogP contribution in [0.4, 0.5) is 0 Å². The summed E-state index contributed by atoms with van der Waals surface area (Å²) < 4.78 is 11.4. The van der Waals surface area contributed by atoms with Gasteiger partial charge in [-0.05, 0) is 26.7 Å². The molecular formula is C11H20O3. The van der Waals surface area contributed by atoms with E-state index >= 15 is 0 Å². The van der Waals surface area contributed by atoms with Crippen LogP contribution in [0.5, 0.6) is 0 Å². The van der Waals surface area contributed by atoms with Crippen molar-refractivity contribution < 1.29 is 14.6 Å². The Labute approximate surface area is 85.7 Å². The van der Waals surface area contributed by atoms with Crippen LogP contribution in [-0.4, -0.2) is 29.7 Å². The maximum atomic E-state index is 8.86. The normalized spacial score (nSPS) is 31.4. The first-order valence-electron chi connectivity index (χ1n) is 5.15. The molecule has 0 bridgehead atoms. The van der Waals surface area contributed by atoms with Gasteiger partial charge in [-0.25, -0.2) is 0 Å². The van der Waals surface area contributed by atoms with Crippen LogP contribution in [-0.2, 0) is 9.47 Å². The number of aliphatic hydroxyl groups is 1. The molecule has 1 rings (SSSR count). The average Bonchev–Trinajstić information content (AvgIpc) is 2.01. The first-order valence-corrected chi connectivity index (χ1v) is 5.15. The van der Waals surface area contributed by atoms with E-state index in [9.17, 15) is 0 Å². The predicted molar refractivity (Wildman–Crippen MR) is 55.0 cm³/mol. The van der Waals surface area contributed by atoms with Gasteiger partial charge in [0.05, 0.1) is 12.2 Å². The van der Waals surface area contributed by atoms with Crippen molar-refractivity contribution in [1.29, 1.82) is 0 Å². The van der Waals surface area contributed by atoms with Gasteiger partial charge in [0.2, 0.25) is 0 Å². The lowest BCUT2D eigenvalue weighted by molar-refractivity contribution is -0.300. The number of aliphatic hydroxyl groups excluding tert-OH is 1. The molecule has 3 nitrogen and oxygen atoms in total. The highest BCUT2D eigenvalue weighted by Crippen LogP contribution is 2.29. The van der Waals surface area contributed by atoms with Crippen molar-refractivity contribution in [2.75, 3.05) is 6.61 Å². The smallest absolute Gasteiger partial charge is 0.163 e. The quantitative estimate of drug-likeness (QED) is 0.704. The fourth-order valence-corrected chi connectivity index (χ4v) is 1.87. The second kappa shape index (κ2) is 4.91. The summed E-state index contributed by atoms with van der Waals surface area (Å²) in [5, 5.41) is 8.86. The molecular weight excluding hydrogens is 180 g/mol. The van der Waals surface area contributed by atoms with Crippen molar-refractivity contribution in [3.63, 3.8) is 0 Å². The molecule has 82 valence electrons. The first kappa shape index (κ1) is 11.7. The maximum Gasteiger partial charge on any atom is 0.163 e. The minimum Gasteiger partial charge on any atom is -0.396 e. The van der Waals surface area contributed by atoms with E-state index in [1.807, 2.05) is 19.9 Å². The van der Waals surface area contributed by atoms with Gasteiger partial charge in [0.15, 0.2) is 5.79 Å². The number of hydrogen-bond donors (Lipinski definition) is 1. The second-order valence-corrected chi connectivity index (χ2v) is 4.15. The first-order chi connectivity index (χ1) is 6.57. The van der Waals surface area contributed by atoms with Gasteiger partial charge in [-0.3, -0.25) is 0 Å². The molecule has 0 spiro atoms. The van der Waals surface area contributed by atoms with E-state index in [-0.39, 0.29) is 18.8 Å². The molecule has 14 heavy (non-hydrogen) atoms. The zero-order chi connectivity index (χ0) is 10.6. The second-order valence-electron chi connectivity index (χ2n) is 4.15. The fraction of sp³-hybridized carbons (Fsp3) is 0.818. The van der Waals surface area contributed by atoms with Gasteiger partial charge in [0.1, 0.15) is 0 Å². The predicted octanol–water partition coefficient (Wildman–Crippen LogP) is 1.86. The van der Waals surface area contributed by atoms with Crippen LogP contribution in [0.15, 0.2) is 12.7 Å². The molecule has 0 aliphatic carbocycles. The molecule has 0 aromatic carbocycles. The Morgan fingerprint density at radius 1 is 1.43 bits per heavy atom. The topological polar surface area (TPSA) is 38.7 Å². The van der Waals surface area contributed by atoms with Crippen LogP contribution in [0.1, 0.15) is 33.1 Å². The molecule has 0 aromatic rings. The van der Waals surface area contributed by atoms with Gasteiger partial charge in [0, 0.05) is 13.0 Å². The monoisotopic (exact) mass is 200 g/mol. The lowest BCUT2D eigenvalue weighted by Gasteiger charge is -2.40. The Hall–Kier alpha value is -0.380. The zero-order valence-corrected chi connectivity index (χ0v) is 9.03. The van der Waals surface area contributed by atoms with E-state index in [1.54, 1.807) is 0 Å². The van der Waals surface area contributed by atoms with Gasteiger partial charge in [0.25, 0.3) is 0 Å². The summed E-state index contributed by atoms with van der Waals surface area (Å²) in [6.07, 6.45) is 4.51. The van der Waals surface area contributed by atoms with Crippen LogP contribution >= 0.6 is 0 Å². The fourth-order valence-electron chi connectivity index (χ4n) is 1.87. The van der Waals surface area contributed by atoms with Crippen LogP contribution in [0.2, 0.25) is 0 Å². The molecule has 2 atom stereocenters. The Balaban J connectivity index is 2.52. The third kappa shape index (κ3) is 3.40. The Kier molecular flexibility index (Phi) is 4.11. The molecule has 0 unspecified atom stereocenters. The van der Waals surface area contributed by atoms with Crippen molar-refractivity contribution in [1.82, 2.24) is 0 Å². The van der Waals surface area contributed by atoms with Crippen molar-refractivity contribution in [3.8, 4) is 0 Å². The van der Waals surface area contributed by atoms with Gasteiger partial charge < -0.3 is 14.6 Å². The molecule has 1 fully saturated rings. The van der Waals surface area contributed by atoms with Gasteiger partial charge in [-0.15, -0.1) is 6.58 Å². The van der Waals surface area contributed by atoms with Gasteiger partial charge >= 0.3 is 0 Å². The van der Waals surface area contributed by atoms with Crippen molar-refractivity contribution >= 4 is 0 Å². The maximum absolute atomic E-state index is 8.86. The highest BCUT2D eigenvalue weighted by Gasteiger charge is 2.34. The SMILES string of the molecule is C=CC[C@H]1C[C@@H](CCO)OC(C)(C)O1. The minimum absolute atomic E-state index is 0.105. The average molecular weight is 200 g/mol.